The molecular formula is C33H27F3N6O4. The molecule has 2 aromatic heterocycles. The van der Waals surface area contributed by atoms with E-state index in [0.29, 0.717) is 22.5 Å². The van der Waals surface area contributed by atoms with Gasteiger partial charge in [0.25, 0.3) is 5.91 Å². The van der Waals surface area contributed by atoms with Crippen molar-refractivity contribution in [2.75, 3.05) is 11.4 Å². The van der Waals surface area contributed by atoms with Crippen LogP contribution in [0.1, 0.15) is 41.1 Å². The Kier molecular flexibility index (Phi) is 6.62. The molecule has 4 heterocycles. The maximum Gasteiger partial charge on any atom is 0.391 e. The first kappa shape index (κ1) is 29.4. The van der Waals surface area contributed by atoms with E-state index in [0.717, 1.165) is 11.2 Å². The Morgan fingerprint density at radius 3 is 2.35 bits per heavy atom. The molecule has 0 radical (unpaired) electrons. The Morgan fingerprint density at radius 1 is 1.02 bits per heavy atom. The van der Waals surface area contributed by atoms with Gasteiger partial charge in [-0.2, -0.15) is 13.2 Å². The number of carbonyl (C=O) groups is 3. The fourth-order valence-corrected chi connectivity index (χ4v) is 6.84. The Bertz CT molecular complexity index is 1890. The molecule has 2 aromatic carbocycles. The molecule has 13 heteroatoms. The van der Waals surface area contributed by atoms with Gasteiger partial charge in [-0.1, -0.05) is 59.8 Å². The Hall–Kier alpha value is -5.33. The van der Waals surface area contributed by atoms with Crippen molar-refractivity contribution in [2.45, 2.75) is 37.5 Å². The minimum atomic E-state index is -4.61. The van der Waals surface area contributed by atoms with Gasteiger partial charge < -0.3 is 15.2 Å². The van der Waals surface area contributed by atoms with E-state index in [4.69, 9.17) is 15.2 Å². The number of aryl methyl sites for hydroxylation is 1. The summed E-state index contributed by atoms with van der Waals surface area (Å²) in [6.45, 7) is 1.28. The first-order chi connectivity index (χ1) is 22.0. The van der Waals surface area contributed by atoms with Crippen LogP contribution < -0.4 is 10.6 Å². The molecule has 7 rings (SSSR count). The zero-order valence-corrected chi connectivity index (χ0v) is 24.4. The highest BCUT2D eigenvalue weighted by Gasteiger charge is 2.72. The highest BCUT2D eigenvalue weighted by molar-refractivity contribution is 6.23. The van der Waals surface area contributed by atoms with Crippen LogP contribution in [0.4, 0.5) is 24.7 Å². The second-order valence-corrected chi connectivity index (χ2v) is 11.9. The van der Waals surface area contributed by atoms with Crippen molar-refractivity contribution in [2.24, 2.45) is 22.1 Å². The zero-order valence-electron chi connectivity index (χ0n) is 24.4. The summed E-state index contributed by atoms with van der Waals surface area (Å²) in [4.78, 5) is 54.3. The lowest BCUT2D eigenvalue weighted by Crippen LogP contribution is -2.58. The predicted molar refractivity (Wildman–Crippen MR) is 159 cm³/mol. The average molecular weight is 629 g/mol. The molecule has 234 valence electrons. The molecule has 4 aromatic rings. The molecule has 2 fully saturated rings. The van der Waals surface area contributed by atoms with Crippen molar-refractivity contribution in [3.63, 3.8) is 0 Å². The third kappa shape index (κ3) is 4.40. The zero-order chi connectivity index (χ0) is 32.4. The van der Waals surface area contributed by atoms with Crippen LogP contribution in [-0.4, -0.2) is 56.9 Å². The molecule has 2 aliphatic heterocycles. The van der Waals surface area contributed by atoms with Crippen LogP contribution >= 0.6 is 0 Å². The van der Waals surface area contributed by atoms with Crippen molar-refractivity contribution in [3.8, 4) is 0 Å². The van der Waals surface area contributed by atoms with Crippen molar-refractivity contribution < 1.29 is 32.1 Å². The summed E-state index contributed by atoms with van der Waals surface area (Å²) in [7, 11) is 0. The molecule has 3 amide bonds. The van der Waals surface area contributed by atoms with Crippen LogP contribution in [0.15, 0.2) is 94.8 Å². The Labute approximate surface area is 260 Å². The van der Waals surface area contributed by atoms with Crippen LogP contribution in [0.5, 0.6) is 0 Å². The Morgan fingerprint density at radius 2 is 1.72 bits per heavy atom. The molecule has 2 atom stereocenters. The summed E-state index contributed by atoms with van der Waals surface area (Å²) in [6.07, 6.45) is -3.36. The van der Waals surface area contributed by atoms with E-state index in [2.05, 4.69) is 10.1 Å². The molecule has 1 saturated carbocycles. The maximum absolute atomic E-state index is 14.7. The van der Waals surface area contributed by atoms with Crippen LogP contribution in [0.25, 0.3) is 0 Å². The van der Waals surface area contributed by atoms with Crippen LogP contribution in [0.3, 0.4) is 0 Å². The minimum Gasteiger partial charge on any atom is -0.369 e. The number of fused-ring (bicyclic) bond motifs is 1. The number of benzene rings is 2. The van der Waals surface area contributed by atoms with Gasteiger partial charge in [0.2, 0.25) is 17.5 Å². The number of rotatable bonds is 6. The fraction of sp³-hybridized carbons (Fsp3) is 0.273. The topological polar surface area (TPSA) is 135 Å². The summed E-state index contributed by atoms with van der Waals surface area (Å²) in [5.41, 5.74) is 4.55. The molecule has 3 aliphatic rings. The van der Waals surface area contributed by atoms with Gasteiger partial charge in [-0.25, -0.2) is 9.98 Å². The molecule has 1 aliphatic carbocycles. The van der Waals surface area contributed by atoms with Gasteiger partial charge in [0, 0.05) is 22.9 Å². The number of amides is 3. The number of pyridine rings is 1. The van der Waals surface area contributed by atoms with Crippen molar-refractivity contribution in [1.29, 1.82) is 0 Å². The summed E-state index contributed by atoms with van der Waals surface area (Å²) in [5.74, 6) is -5.50. The number of primary amides is 1. The number of alkyl halides is 3. The normalized spacial score (nSPS) is 24.5. The molecule has 1 unspecified atom stereocenters. The largest absolute Gasteiger partial charge is 0.391 e. The van der Waals surface area contributed by atoms with Crippen molar-refractivity contribution >= 4 is 34.9 Å². The van der Waals surface area contributed by atoms with Gasteiger partial charge in [0.05, 0.1) is 40.9 Å². The molecule has 1 saturated heterocycles. The third-order valence-corrected chi connectivity index (χ3v) is 9.18. The van der Waals surface area contributed by atoms with Crippen LogP contribution in [-0.2, 0) is 14.4 Å². The van der Waals surface area contributed by atoms with Gasteiger partial charge >= 0.3 is 6.18 Å². The lowest BCUT2D eigenvalue weighted by Gasteiger charge is -2.50. The second-order valence-electron chi connectivity index (χ2n) is 11.9. The fourth-order valence-electron chi connectivity index (χ4n) is 6.84. The molecule has 0 bridgehead atoms. The number of aliphatic imine (C=N–C) groups is 1. The molecule has 1 spiro atoms. The standard InChI is InChI=1S/C33H27F3N6O4/c1-19-23(17-46-40-19)26(28(37)43)31(15-21(16-31)33(34,35)36)29(44)41-18-32(41)30(45)42(25-13-7-8-14-38-25)24-12-6-5-11-22(24)27(39-32)20-9-3-2-4-10-20/h2-14,17,21,26H,15-16,18H2,1H3,(H2,37,43)/t21?,26-,31?,32?,41?/m1/s1. The van der Waals surface area contributed by atoms with E-state index in [-0.39, 0.29) is 23.6 Å². The van der Waals surface area contributed by atoms with E-state index >= 15 is 0 Å². The molecule has 46 heavy (non-hydrogen) atoms. The van der Waals surface area contributed by atoms with Gasteiger partial charge in [-0.15, -0.1) is 0 Å². The Balaban J connectivity index is 1.39. The van der Waals surface area contributed by atoms with Crippen LogP contribution in [0, 0.1) is 18.3 Å². The predicted octanol–water partition coefficient (Wildman–Crippen LogP) is 4.66. The maximum atomic E-state index is 14.7. The van der Waals surface area contributed by atoms with E-state index in [1.54, 1.807) is 42.5 Å². The monoisotopic (exact) mass is 628 g/mol. The SMILES string of the molecule is Cc1nocc1[C@H](C(N)=O)C1(C(=O)N2CC23N=C(c2ccccc2)c2ccccc2N(c2ccccn2)C3=O)CC(C(F)(F)F)C1. The summed E-state index contributed by atoms with van der Waals surface area (Å²) in [6, 6.07) is 21.2. The summed E-state index contributed by atoms with van der Waals surface area (Å²) in [5, 5.41) is 3.78. The summed E-state index contributed by atoms with van der Waals surface area (Å²) >= 11 is 0. The first-order valence-corrected chi connectivity index (χ1v) is 14.6. The number of nitrogens with two attached hydrogens (primary N) is 1. The van der Waals surface area contributed by atoms with E-state index in [1.807, 2.05) is 30.3 Å². The van der Waals surface area contributed by atoms with Gasteiger partial charge in [-0.05, 0) is 38.0 Å². The highest BCUT2D eigenvalue weighted by atomic mass is 19.4. The molecule has 2 N–H and O–H groups in total. The number of nitrogens with zero attached hydrogens (tertiary/aromatic N) is 5. The molecule has 10 nitrogen and oxygen atoms in total. The number of hydrogen-bond acceptors (Lipinski definition) is 7. The number of hydrogen-bond donors (Lipinski definition) is 1. The third-order valence-electron chi connectivity index (χ3n) is 9.18. The molecular weight excluding hydrogens is 601 g/mol. The van der Waals surface area contributed by atoms with Crippen molar-refractivity contribution in [1.82, 2.24) is 15.0 Å². The van der Waals surface area contributed by atoms with Gasteiger partial charge in [0.1, 0.15) is 12.1 Å². The number of para-hydroxylation sites is 1. The summed E-state index contributed by atoms with van der Waals surface area (Å²) < 4.78 is 46.8. The minimum absolute atomic E-state index is 0.126. The lowest BCUT2D eigenvalue weighted by atomic mass is 9.53. The highest BCUT2D eigenvalue weighted by Crippen LogP contribution is 2.62. The number of anilines is 2. The van der Waals surface area contributed by atoms with Crippen molar-refractivity contribution in [3.05, 3.63) is 108 Å². The first-order valence-electron chi connectivity index (χ1n) is 14.6. The van der Waals surface area contributed by atoms with Gasteiger partial charge in [0.15, 0.2) is 0 Å². The smallest absolute Gasteiger partial charge is 0.369 e. The van der Waals surface area contributed by atoms with Crippen LogP contribution in [0.2, 0.25) is 0 Å². The van der Waals surface area contributed by atoms with E-state index in [1.165, 1.54) is 18.0 Å². The average Bonchev–Trinajstić information content (AvgIpc) is 3.64. The lowest BCUT2D eigenvalue weighted by molar-refractivity contribution is -0.225. The van der Waals surface area contributed by atoms with Gasteiger partial charge in [-0.3, -0.25) is 19.3 Å². The van der Waals surface area contributed by atoms with E-state index < -0.39 is 59.7 Å². The number of halogens is 3. The number of aromatic nitrogens is 2. The van der Waals surface area contributed by atoms with E-state index in [9.17, 15) is 27.6 Å². The second kappa shape index (κ2) is 10.4. The number of carbonyl (C=O) groups excluding carboxylic acids is 3. The quantitative estimate of drug-likeness (QED) is 0.309.